The molecule has 1 aromatic heterocycles. The average molecular weight is 372 g/mol. The molecule has 138 valence electrons. The Hall–Kier alpha value is -2.14. The molecule has 1 aliphatic rings. The van der Waals surface area contributed by atoms with E-state index in [1.165, 1.54) is 46.6 Å². The molecule has 1 N–H and O–H groups in total. The van der Waals surface area contributed by atoms with Crippen molar-refractivity contribution in [1.29, 1.82) is 0 Å². The molecule has 1 heterocycles. The number of hydrogen-bond acceptors (Lipinski definition) is 4. The van der Waals surface area contributed by atoms with Crippen LogP contribution in [0.1, 0.15) is 57.8 Å². The summed E-state index contributed by atoms with van der Waals surface area (Å²) in [5.41, 5.74) is 2.45. The minimum Gasteiger partial charge on any atom is -0.451 e. The number of benzene rings is 1. The van der Waals surface area contributed by atoms with E-state index in [0.717, 1.165) is 12.8 Å². The van der Waals surface area contributed by atoms with Crippen molar-refractivity contribution in [3.8, 4) is 0 Å². The summed E-state index contributed by atoms with van der Waals surface area (Å²) in [5, 5.41) is 2.83. The van der Waals surface area contributed by atoms with Crippen LogP contribution in [0.15, 0.2) is 36.4 Å². The Morgan fingerprint density at radius 2 is 1.92 bits per heavy atom. The minimum absolute atomic E-state index is 0.212. The Morgan fingerprint density at radius 3 is 2.73 bits per heavy atom. The van der Waals surface area contributed by atoms with Gasteiger partial charge in [0.25, 0.3) is 5.91 Å². The molecule has 0 radical (unpaired) electrons. The maximum absolute atomic E-state index is 12.2. The monoisotopic (exact) mass is 371 g/mol. The second-order valence-corrected chi connectivity index (χ2v) is 7.95. The number of esters is 1. The Balaban J connectivity index is 1.45. The van der Waals surface area contributed by atoms with E-state index >= 15 is 0 Å². The quantitative estimate of drug-likeness (QED) is 0.614. The van der Waals surface area contributed by atoms with Crippen molar-refractivity contribution in [2.75, 3.05) is 13.2 Å². The molecule has 0 saturated heterocycles. The van der Waals surface area contributed by atoms with Crippen LogP contribution >= 0.6 is 11.3 Å². The van der Waals surface area contributed by atoms with Crippen LogP contribution in [0.2, 0.25) is 0 Å². The third-order valence-electron chi connectivity index (χ3n) is 4.76. The van der Waals surface area contributed by atoms with Gasteiger partial charge in [0.1, 0.15) is 4.88 Å². The summed E-state index contributed by atoms with van der Waals surface area (Å²) < 4.78 is 5.20. The van der Waals surface area contributed by atoms with Crippen LogP contribution in [0.5, 0.6) is 0 Å². The zero-order valence-electron chi connectivity index (χ0n) is 15.1. The molecule has 0 spiro atoms. The molecule has 4 nitrogen and oxygen atoms in total. The molecule has 0 saturated carbocycles. The SMILES string of the molecule is C[C@H](CNC(=O)COC(=O)c1cc2c(s1)CCCCC2)c1ccccc1. The Labute approximate surface area is 158 Å². The fourth-order valence-electron chi connectivity index (χ4n) is 3.19. The predicted molar refractivity (Wildman–Crippen MR) is 104 cm³/mol. The standard InChI is InChI=1S/C21H25NO3S/c1-15(16-8-4-2-5-9-16)13-22-20(23)14-25-21(24)19-12-17-10-6-3-7-11-18(17)26-19/h2,4-5,8-9,12,15H,3,6-7,10-11,13-14H2,1H3,(H,22,23)/t15-/m1/s1. The van der Waals surface area contributed by atoms with Crippen LogP contribution in [0, 0.1) is 0 Å². The summed E-state index contributed by atoms with van der Waals surface area (Å²) in [5.74, 6) is -0.447. The summed E-state index contributed by atoms with van der Waals surface area (Å²) in [6, 6.07) is 12.0. The number of carbonyl (C=O) groups excluding carboxylic acids is 2. The van der Waals surface area contributed by atoms with Gasteiger partial charge in [0, 0.05) is 11.4 Å². The highest BCUT2D eigenvalue weighted by molar-refractivity contribution is 7.14. The van der Waals surface area contributed by atoms with Crippen LogP contribution in [0.4, 0.5) is 0 Å². The molecule has 26 heavy (non-hydrogen) atoms. The van der Waals surface area contributed by atoms with Gasteiger partial charge in [-0.25, -0.2) is 4.79 Å². The molecule has 2 aromatic rings. The van der Waals surface area contributed by atoms with E-state index in [1.807, 2.05) is 36.4 Å². The average Bonchev–Trinajstić information content (AvgIpc) is 2.95. The van der Waals surface area contributed by atoms with E-state index in [2.05, 4.69) is 12.2 Å². The second-order valence-electron chi connectivity index (χ2n) is 6.81. The number of ether oxygens (including phenoxy) is 1. The lowest BCUT2D eigenvalue weighted by Gasteiger charge is -2.13. The van der Waals surface area contributed by atoms with Crippen LogP contribution in [-0.2, 0) is 22.4 Å². The van der Waals surface area contributed by atoms with Crippen molar-refractivity contribution in [2.45, 2.75) is 44.9 Å². The second kappa shape index (κ2) is 8.99. The number of nitrogens with one attached hydrogen (secondary N) is 1. The fraction of sp³-hybridized carbons (Fsp3) is 0.429. The highest BCUT2D eigenvalue weighted by atomic mass is 32.1. The Kier molecular flexibility index (Phi) is 6.45. The van der Waals surface area contributed by atoms with Crippen LogP contribution in [0.25, 0.3) is 0 Å². The summed E-state index contributed by atoms with van der Waals surface area (Å²) in [6.07, 6.45) is 5.70. The zero-order valence-corrected chi connectivity index (χ0v) is 15.9. The molecule has 3 rings (SSSR count). The molecule has 1 atom stereocenters. The lowest BCUT2D eigenvalue weighted by molar-refractivity contribution is -0.124. The topological polar surface area (TPSA) is 55.4 Å². The molecule has 0 unspecified atom stereocenters. The Morgan fingerprint density at radius 1 is 1.15 bits per heavy atom. The van der Waals surface area contributed by atoms with Crippen molar-refractivity contribution >= 4 is 23.2 Å². The zero-order chi connectivity index (χ0) is 18.4. The summed E-state index contributed by atoms with van der Waals surface area (Å²) in [6.45, 7) is 2.34. The van der Waals surface area contributed by atoms with Crippen molar-refractivity contribution in [1.82, 2.24) is 5.32 Å². The normalized spacial score (nSPS) is 14.8. The molecule has 1 amide bonds. The number of carbonyl (C=O) groups is 2. The van der Waals surface area contributed by atoms with E-state index in [0.29, 0.717) is 11.4 Å². The van der Waals surface area contributed by atoms with E-state index in [4.69, 9.17) is 4.74 Å². The number of rotatable bonds is 6. The first-order valence-electron chi connectivity index (χ1n) is 9.24. The van der Waals surface area contributed by atoms with E-state index < -0.39 is 5.97 Å². The lowest BCUT2D eigenvalue weighted by atomic mass is 10.0. The Bertz CT molecular complexity index is 730. The van der Waals surface area contributed by atoms with Gasteiger partial charge in [-0.15, -0.1) is 11.3 Å². The molecular weight excluding hydrogens is 346 g/mol. The van der Waals surface area contributed by atoms with Crippen molar-refractivity contribution in [3.63, 3.8) is 0 Å². The largest absolute Gasteiger partial charge is 0.451 e. The lowest BCUT2D eigenvalue weighted by Crippen LogP contribution is -2.31. The van der Waals surface area contributed by atoms with Crippen molar-refractivity contribution in [3.05, 3.63) is 57.3 Å². The number of thiophene rings is 1. The van der Waals surface area contributed by atoms with E-state index in [-0.39, 0.29) is 18.4 Å². The third kappa shape index (κ3) is 4.94. The molecule has 1 aromatic carbocycles. The highest BCUT2D eigenvalue weighted by Crippen LogP contribution is 2.29. The summed E-state index contributed by atoms with van der Waals surface area (Å²) in [4.78, 5) is 26.1. The summed E-state index contributed by atoms with van der Waals surface area (Å²) >= 11 is 1.52. The van der Waals surface area contributed by atoms with Crippen LogP contribution < -0.4 is 5.32 Å². The first kappa shape index (κ1) is 18.6. The number of aryl methyl sites for hydroxylation is 2. The molecule has 1 aliphatic carbocycles. The molecule has 5 heteroatoms. The van der Waals surface area contributed by atoms with Gasteiger partial charge in [-0.05, 0) is 48.8 Å². The number of hydrogen-bond donors (Lipinski definition) is 1. The maximum Gasteiger partial charge on any atom is 0.348 e. The number of fused-ring (bicyclic) bond motifs is 1. The minimum atomic E-state index is -0.394. The van der Waals surface area contributed by atoms with Crippen molar-refractivity contribution < 1.29 is 14.3 Å². The van der Waals surface area contributed by atoms with Crippen molar-refractivity contribution in [2.24, 2.45) is 0 Å². The first-order valence-corrected chi connectivity index (χ1v) is 10.1. The van der Waals surface area contributed by atoms with Gasteiger partial charge in [-0.2, -0.15) is 0 Å². The van der Waals surface area contributed by atoms with Gasteiger partial charge in [0.2, 0.25) is 0 Å². The third-order valence-corrected chi connectivity index (χ3v) is 5.97. The smallest absolute Gasteiger partial charge is 0.348 e. The maximum atomic E-state index is 12.2. The van der Waals surface area contributed by atoms with Gasteiger partial charge in [0.15, 0.2) is 6.61 Å². The molecule has 0 fully saturated rings. The van der Waals surface area contributed by atoms with E-state index in [1.54, 1.807) is 0 Å². The van der Waals surface area contributed by atoms with Gasteiger partial charge < -0.3 is 10.1 Å². The molecular formula is C21H25NO3S. The highest BCUT2D eigenvalue weighted by Gasteiger charge is 2.18. The predicted octanol–water partition coefficient (Wildman–Crippen LogP) is 4.09. The number of amides is 1. The molecule has 0 aliphatic heterocycles. The van der Waals surface area contributed by atoms with Gasteiger partial charge in [-0.3, -0.25) is 4.79 Å². The molecule has 0 bridgehead atoms. The van der Waals surface area contributed by atoms with E-state index in [9.17, 15) is 9.59 Å². The van der Waals surface area contributed by atoms with Gasteiger partial charge in [-0.1, -0.05) is 43.7 Å². The van der Waals surface area contributed by atoms with Gasteiger partial charge in [0.05, 0.1) is 0 Å². The van der Waals surface area contributed by atoms with Crippen LogP contribution in [0.3, 0.4) is 0 Å². The summed E-state index contributed by atoms with van der Waals surface area (Å²) in [7, 11) is 0. The first-order chi connectivity index (χ1) is 12.6. The van der Waals surface area contributed by atoms with Gasteiger partial charge >= 0.3 is 5.97 Å². The van der Waals surface area contributed by atoms with Crippen LogP contribution in [-0.4, -0.2) is 25.0 Å². The fourth-order valence-corrected chi connectivity index (χ4v) is 4.34.